The molecule has 1 aromatic rings. The maximum Gasteiger partial charge on any atom is 0.240 e. The van der Waals surface area contributed by atoms with Crippen LogP contribution in [0.5, 0.6) is 0 Å². The summed E-state index contributed by atoms with van der Waals surface area (Å²) in [4.78, 5) is 16.8. The summed E-state index contributed by atoms with van der Waals surface area (Å²) in [6, 6.07) is 7.58. The van der Waals surface area contributed by atoms with Crippen LogP contribution in [0.1, 0.15) is 5.56 Å². The van der Waals surface area contributed by atoms with Gasteiger partial charge in [-0.25, -0.2) is 0 Å². The number of hydroxylamine groups is 2. The lowest BCUT2D eigenvalue weighted by Crippen LogP contribution is -2.31. The van der Waals surface area contributed by atoms with Gasteiger partial charge in [-0.05, 0) is 19.1 Å². The first-order valence-electron chi connectivity index (χ1n) is 5.56. The minimum absolute atomic E-state index is 0.130. The Hall–Kier alpha value is -1.43. The monoisotopic (exact) mass is 236 g/mol. The molecule has 1 aliphatic heterocycles. The SMILES string of the molecule is Cc1ccc(NC(=O)CN2C[C@@H](O)CO2)cc1. The molecule has 1 fully saturated rings. The predicted molar refractivity (Wildman–Crippen MR) is 63.3 cm³/mol. The standard InChI is InChI=1S/C12H16N2O3/c1-9-2-4-10(5-3-9)13-12(16)7-14-6-11(15)8-17-14/h2-5,11,15H,6-8H2,1H3,(H,13,16)/t11-/m1/s1. The van der Waals surface area contributed by atoms with Crippen LogP contribution in [0.15, 0.2) is 24.3 Å². The van der Waals surface area contributed by atoms with Crippen molar-refractivity contribution in [3.8, 4) is 0 Å². The van der Waals surface area contributed by atoms with Gasteiger partial charge in [0.2, 0.25) is 5.91 Å². The molecule has 1 amide bonds. The Labute approximate surface area is 99.9 Å². The Balaban J connectivity index is 1.83. The molecular weight excluding hydrogens is 220 g/mol. The first-order chi connectivity index (χ1) is 8.13. The van der Waals surface area contributed by atoms with E-state index < -0.39 is 6.10 Å². The van der Waals surface area contributed by atoms with Gasteiger partial charge in [0.25, 0.3) is 0 Å². The second kappa shape index (κ2) is 5.27. The van der Waals surface area contributed by atoms with E-state index in [1.165, 1.54) is 5.06 Å². The summed E-state index contributed by atoms with van der Waals surface area (Å²) in [5, 5.41) is 13.5. The molecule has 0 radical (unpaired) electrons. The molecular formula is C12H16N2O3. The zero-order valence-corrected chi connectivity index (χ0v) is 9.72. The number of aliphatic hydroxyl groups excluding tert-OH is 1. The van der Waals surface area contributed by atoms with Crippen LogP contribution in [0.25, 0.3) is 0 Å². The zero-order valence-electron chi connectivity index (χ0n) is 9.72. The number of aliphatic hydroxyl groups is 1. The molecule has 1 heterocycles. The normalized spacial score (nSPS) is 20.5. The average molecular weight is 236 g/mol. The molecule has 0 spiro atoms. The molecule has 5 nitrogen and oxygen atoms in total. The van der Waals surface area contributed by atoms with Crippen LogP contribution in [0.2, 0.25) is 0 Å². The van der Waals surface area contributed by atoms with Crippen molar-refractivity contribution in [3.63, 3.8) is 0 Å². The minimum atomic E-state index is -0.498. The summed E-state index contributed by atoms with van der Waals surface area (Å²) < 4.78 is 0. The summed E-state index contributed by atoms with van der Waals surface area (Å²) in [5.74, 6) is -0.150. The molecule has 17 heavy (non-hydrogen) atoms. The highest BCUT2D eigenvalue weighted by molar-refractivity contribution is 5.92. The van der Waals surface area contributed by atoms with Crippen LogP contribution >= 0.6 is 0 Å². The van der Waals surface area contributed by atoms with Gasteiger partial charge in [0.15, 0.2) is 0 Å². The van der Waals surface area contributed by atoms with E-state index in [2.05, 4.69) is 5.32 Å². The second-order valence-corrected chi connectivity index (χ2v) is 4.19. The number of hydrogen-bond acceptors (Lipinski definition) is 4. The molecule has 2 N–H and O–H groups in total. The van der Waals surface area contributed by atoms with Gasteiger partial charge in [-0.1, -0.05) is 17.7 Å². The molecule has 0 unspecified atom stereocenters. The Bertz CT molecular complexity index is 391. The first kappa shape index (κ1) is 12.0. The van der Waals surface area contributed by atoms with Crippen LogP contribution in [0, 0.1) is 6.92 Å². The number of amides is 1. The van der Waals surface area contributed by atoms with Gasteiger partial charge in [-0.3, -0.25) is 9.63 Å². The van der Waals surface area contributed by atoms with Gasteiger partial charge in [-0.2, -0.15) is 5.06 Å². The Morgan fingerprint density at radius 3 is 2.82 bits per heavy atom. The Morgan fingerprint density at radius 2 is 2.24 bits per heavy atom. The predicted octanol–water partition coefficient (Wildman–Crippen LogP) is 0.542. The van der Waals surface area contributed by atoms with E-state index in [0.717, 1.165) is 11.3 Å². The third kappa shape index (κ3) is 3.52. The summed E-state index contributed by atoms with van der Waals surface area (Å²) in [7, 11) is 0. The molecule has 0 aromatic heterocycles. The number of aryl methyl sites for hydroxylation is 1. The number of nitrogens with one attached hydrogen (secondary N) is 1. The van der Waals surface area contributed by atoms with Crippen molar-refractivity contribution >= 4 is 11.6 Å². The average Bonchev–Trinajstić information content (AvgIpc) is 2.67. The van der Waals surface area contributed by atoms with Crippen molar-refractivity contribution in [2.75, 3.05) is 25.0 Å². The highest BCUT2D eigenvalue weighted by Crippen LogP contribution is 2.09. The third-order valence-electron chi connectivity index (χ3n) is 2.52. The minimum Gasteiger partial charge on any atom is -0.389 e. The number of rotatable bonds is 3. The number of benzene rings is 1. The number of nitrogens with zero attached hydrogens (tertiary/aromatic N) is 1. The molecule has 92 valence electrons. The maximum atomic E-state index is 11.6. The van der Waals surface area contributed by atoms with Crippen molar-refractivity contribution in [3.05, 3.63) is 29.8 Å². The highest BCUT2D eigenvalue weighted by atomic mass is 16.7. The van der Waals surface area contributed by atoms with E-state index in [1.54, 1.807) is 0 Å². The number of carbonyl (C=O) groups is 1. The van der Waals surface area contributed by atoms with Crippen molar-refractivity contribution in [2.45, 2.75) is 13.0 Å². The van der Waals surface area contributed by atoms with E-state index in [4.69, 9.17) is 4.84 Å². The van der Waals surface area contributed by atoms with Gasteiger partial charge in [0.05, 0.1) is 19.3 Å². The topological polar surface area (TPSA) is 61.8 Å². The quantitative estimate of drug-likeness (QED) is 0.804. The summed E-state index contributed by atoms with van der Waals surface area (Å²) in [5.41, 5.74) is 1.91. The second-order valence-electron chi connectivity index (χ2n) is 4.19. The lowest BCUT2D eigenvalue weighted by molar-refractivity contribution is -0.138. The van der Waals surface area contributed by atoms with Crippen LogP contribution in [-0.4, -0.2) is 41.9 Å². The molecule has 5 heteroatoms. The fourth-order valence-electron chi connectivity index (χ4n) is 1.64. The number of β-amino-alcohol motifs (C(OH)–C–C–N with tert-alkyl or cyclic N) is 1. The van der Waals surface area contributed by atoms with Crippen molar-refractivity contribution in [2.24, 2.45) is 0 Å². The summed E-state index contributed by atoms with van der Waals surface area (Å²) in [6.45, 7) is 2.76. The lowest BCUT2D eigenvalue weighted by Gasteiger charge is -2.13. The number of carbonyl (C=O) groups excluding carboxylic acids is 1. The summed E-state index contributed by atoms with van der Waals surface area (Å²) >= 11 is 0. The fraction of sp³-hybridized carbons (Fsp3) is 0.417. The molecule has 0 aliphatic carbocycles. The van der Waals surface area contributed by atoms with E-state index in [0.29, 0.717) is 6.54 Å². The molecule has 0 saturated carbocycles. The fourth-order valence-corrected chi connectivity index (χ4v) is 1.64. The molecule has 0 bridgehead atoms. The van der Waals surface area contributed by atoms with E-state index in [-0.39, 0.29) is 19.1 Å². The first-order valence-corrected chi connectivity index (χ1v) is 5.56. The van der Waals surface area contributed by atoms with Crippen molar-refractivity contribution in [1.82, 2.24) is 5.06 Å². The molecule has 1 saturated heterocycles. The van der Waals surface area contributed by atoms with Crippen LogP contribution in [0.3, 0.4) is 0 Å². The van der Waals surface area contributed by atoms with Crippen molar-refractivity contribution in [1.29, 1.82) is 0 Å². The van der Waals surface area contributed by atoms with E-state index in [9.17, 15) is 9.90 Å². The van der Waals surface area contributed by atoms with Gasteiger partial charge < -0.3 is 10.4 Å². The molecule has 1 atom stereocenters. The van der Waals surface area contributed by atoms with Crippen LogP contribution in [0.4, 0.5) is 5.69 Å². The number of hydrogen-bond donors (Lipinski definition) is 2. The van der Waals surface area contributed by atoms with Gasteiger partial charge in [-0.15, -0.1) is 0 Å². The smallest absolute Gasteiger partial charge is 0.240 e. The lowest BCUT2D eigenvalue weighted by atomic mass is 10.2. The highest BCUT2D eigenvalue weighted by Gasteiger charge is 2.23. The molecule has 1 aliphatic rings. The Morgan fingerprint density at radius 1 is 1.53 bits per heavy atom. The summed E-state index contributed by atoms with van der Waals surface area (Å²) in [6.07, 6.45) is -0.498. The van der Waals surface area contributed by atoms with Crippen LogP contribution < -0.4 is 5.32 Å². The van der Waals surface area contributed by atoms with Gasteiger partial charge >= 0.3 is 0 Å². The number of anilines is 1. The molecule has 2 rings (SSSR count). The van der Waals surface area contributed by atoms with Gasteiger partial charge in [0, 0.05) is 5.69 Å². The van der Waals surface area contributed by atoms with E-state index in [1.807, 2.05) is 31.2 Å². The van der Waals surface area contributed by atoms with E-state index >= 15 is 0 Å². The third-order valence-corrected chi connectivity index (χ3v) is 2.52. The van der Waals surface area contributed by atoms with Crippen molar-refractivity contribution < 1.29 is 14.7 Å². The molecule has 1 aromatic carbocycles. The van der Waals surface area contributed by atoms with Crippen LogP contribution in [-0.2, 0) is 9.63 Å². The Kier molecular flexibility index (Phi) is 3.73. The van der Waals surface area contributed by atoms with Gasteiger partial charge in [0.1, 0.15) is 6.54 Å². The largest absolute Gasteiger partial charge is 0.389 e. The zero-order chi connectivity index (χ0) is 12.3. The maximum absolute atomic E-state index is 11.6.